The Balaban J connectivity index is 4.22. The second-order valence-corrected chi connectivity index (χ2v) is 20.6. The zero-order valence-corrected chi connectivity index (χ0v) is 43.9. The summed E-state index contributed by atoms with van der Waals surface area (Å²) >= 11 is 0. The second kappa shape index (κ2) is 50.8. The minimum absolute atomic E-state index is 0.0631. The van der Waals surface area contributed by atoms with Gasteiger partial charge in [-0.05, 0) is 31.1 Å². The molecule has 6 nitrogen and oxygen atoms in total. The summed E-state index contributed by atoms with van der Waals surface area (Å²) in [5.41, 5.74) is 0. The highest BCUT2D eigenvalue weighted by Crippen LogP contribution is 2.19. The van der Waals surface area contributed by atoms with Gasteiger partial charge in [0.15, 0.2) is 6.10 Å². The minimum atomic E-state index is -0.762. The van der Waals surface area contributed by atoms with E-state index in [0.29, 0.717) is 19.3 Å². The predicted molar refractivity (Wildman–Crippen MR) is 275 cm³/mol. The molecule has 0 radical (unpaired) electrons. The Morgan fingerprint density at radius 2 is 0.594 bits per heavy atom. The van der Waals surface area contributed by atoms with E-state index in [1.54, 1.807) is 0 Å². The molecule has 0 saturated heterocycles. The van der Waals surface area contributed by atoms with E-state index in [4.69, 9.17) is 14.2 Å². The van der Waals surface area contributed by atoms with Gasteiger partial charge in [-0.2, -0.15) is 0 Å². The van der Waals surface area contributed by atoms with Gasteiger partial charge in [0.2, 0.25) is 0 Å². The van der Waals surface area contributed by atoms with Crippen LogP contribution in [0.15, 0.2) is 0 Å². The van der Waals surface area contributed by atoms with Gasteiger partial charge in [0.25, 0.3) is 0 Å². The molecule has 64 heavy (non-hydrogen) atoms. The van der Waals surface area contributed by atoms with Crippen molar-refractivity contribution in [3.8, 4) is 0 Å². The van der Waals surface area contributed by atoms with Gasteiger partial charge < -0.3 is 14.2 Å². The molecule has 0 saturated carbocycles. The number of esters is 3. The topological polar surface area (TPSA) is 78.9 Å². The normalized spacial score (nSPS) is 12.5. The molecule has 380 valence electrons. The average molecular weight is 906 g/mol. The third-order valence-electron chi connectivity index (χ3n) is 13.6. The lowest BCUT2D eigenvalue weighted by atomic mass is 9.99. The van der Waals surface area contributed by atoms with Crippen LogP contribution in [0.1, 0.15) is 324 Å². The van der Waals surface area contributed by atoms with Crippen molar-refractivity contribution in [3.63, 3.8) is 0 Å². The molecule has 6 heteroatoms. The van der Waals surface area contributed by atoms with E-state index in [1.807, 2.05) is 0 Å². The van der Waals surface area contributed by atoms with Crippen molar-refractivity contribution in [1.82, 2.24) is 0 Å². The lowest BCUT2D eigenvalue weighted by molar-refractivity contribution is -0.167. The number of carbonyl (C=O) groups is 3. The SMILES string of the molecule is CCCCCCCCCCCCCCC(=O)OC[C@@H](COC(=O)CCCCCCCCCCCC(C)C)OC(=O)CCCCCCCCCCCCCCCCCCCCC(C)CC. The molecule has 0 aliphatic carbocycles. The molecule has 0 aromatic heterocycles. The fourth-order valence-corrected chi connectivity index (χ4v) is 8.84. The molecule has 0 amide bonds. The number of hydrogen-bond donors (Lipinski definition) is 0. The molecule has 0 fully saturated rings. The number of carbonyl (C=O) groups excluding carboxylic acids is 3. The predicted octanol–water partition coefficient (Wildman–Crippen LogP) is 18.9. The Kier molecular flexibility index (Phi) is 49.6. The smallest absolute Gasteiger partial charge is 0.306 e. The first-order valence-corrected chi connectivity index (χ1v) is 28.8. The molecule has 0 aromatic rings. The third-order valence-corrected chi connectivity index (χ3v) is 13.6. The molecule has 0 rings (SSSR count). The number of unbranched alkanes of at least 4 members (excludes halogenated alkanes) is 36. The zero-order chi connectivity index (χ0) is 46.8. The number of ether oxygens (including phenoxy) is 3. The first-order valence-electron chi connectivity index (χ1n) is 28.8. The Morgan fingerprint density at radius 1 is 0.328 bits per heavy atom. The van der Waals surface area contributed by atoms with Gasteiger partial charge in [0, 0.05) is 19.3 Å². The maximum Gasteiger partial charge on any atom is 0.306 e. The standard InChI is InChI=1S/C58H112O6/c1-6-8-9-10-11-12-13-23-28-33-38-43-48-56(59)62-51-55(52-63-57(60)49-44-39-34-30-25-26-31-36-41-46-53(3)4)64-58(61)50-45-40-35-29-24-21-19-17-15-14-16-18-20-22-27-32-37-42-47-54(5)7-2/h53-55H,6-52H2,1-5H3/t54?,55-/m0/s1. The van der Waals surface area contributed by atoms with Gasteiger partial charge in [-0.1, -0.05) is 285 Å². The van der Waals surface area contributed by atoms with Gasteiger partial charge in [-0.25, -0.2) is 0 Å². The molecular weight excluding hydrogens is 793 g/mol. The Morgan fingerprint density at radius 3 is 0.891 bits per heavy atom. The van der Waals surface area contributed by atoms with Gasteiger partial charge in [-0.3, -0.25) is 14.4 Å². The van der Waals surface area contributed by atoms with Crippen LogP contribution in [-0.2, 0) is 28.6 Å². The second-order valence-electron chi connectivity index (χ2n) is 20.6. The highest BCUT2D eigenvalue weighted by molar-refractivity contribution is 5.71. The van der Waals surface area contributed by atoms with Crippen LogP contribution < -0.4 is 0 Å². The Hall–Kier alpha value is -1.59. The van der Waals surface area contributed by atoms with Crippen molar-refractivity contribution < 1.29 is 28.6 Å². The van der Waals surface area contributed by atoms with Crippen LogP contribution in [0.4, 0.5) is 0 Å². The lowest BCUT2D eigenvalue weighted by Crippen LogP contribution is -2.30. The Labute approximate surface area is 399 Å². The summed E-state index contributed by atoms with van der Waals surface area (Å²) in [6.07, 6.45) is 53.8. The van der Waals surface area contributed by atoms with Crippen LogP contribution in [0.25, 0.3) is 0 Å². The van der Waals surface area contributed by atoms with E-state index < -0.39 is 6.10 Å². The van der Waals surface area contributed by atoms with E-state index in [-0.39, 0.29) is 31.1 Å². The molecule has 0 aromatic carbocycles. The average Bonchev–Trinajstić information content (AvgIpc) is 3.28. The highest BCUT2D eigenvalue weighted by atomic mass is 16.6. The highest BCUT2D eigenvalue weighted by Gasteiger charge is 2.19. The molecule has 0 N–H and O–H groups in total. The van der Waals surface area contributed by atoms with E-state index in [0.717, 1.165) is 69.6 Å². The summed E-state index contributed by atoms with van der Waals surface area (Å²) in [7, 11) is 0. The number of hydrogen-bond acceptors (Lipinski definition) is 6. The maximum atomic E-state index is 12.8. The van der Waals surface area contributed by atoms with E-state index in [1.165, 1.54) is 212 Å². The van der Waals surface area contributed by atoms with Crippen LogP contribution in [0.2, 0.25) is 0 Å². The van der Waals surface area contributed by atoms with Crippen molar-refractivity contribution in [1.29, 1.82) is 0 Å². The zero-order valence-electron chi connectivity index (χ0n) is 43.9. The molecule has 0 bridgehead atoms. The van der Waals surface area contributed by atoms with E-state index >= 15 is 0 Å². The van der Waals surface area contributed by atoms with Crippen LogP contribution in [0, 0.1) is 11.8 Å². The largest absolute Gasteiger partial charge is 0.462 e. The fourth-order valence-electron chi connectivity index (χ4n) is 8.84. The summed E-state index contributed by atoms with van der Waals surface area (Å²) in [5.74, 6) is 0.875. The van der Waals surface area contributed by atoms with Crippen LogP contribution >= 0.6 is 0 Å². The summed E-state index contributed by atoms with van der Waals surface area (Å²) in [4.78, 5) is 38.0. The molecular formula is C58H112O6. The summed E-state index contributed by atoms with van der Waals surface area (Å²) < 4.78 is 16.9. The molecule has 0 aliphatic rings. The van der Waals surface area contributed by atoms with Crippen molar-refractivity contribution >= 4 is 17.9 Å². The molecule has 0 spiro atoms. The van der Waals surface area contributed by atoms with Crippen LogP contribution in [0.3, 0.4) is 0 Å². The van der Waals surface area contributed by atoms with Gasteiger partial charge in [-0.15, -0.1) is 0 Å². The van der Waals surface area contributed by atoms with E-state index in [9.17, 15) is 14.4 Å². The monoisotopic (exact) mass is 905 g/mol. The fraction of sp³-hybridized carbons (Fsp3) is 0.948. The first kappa shape index (κ1) is 62.4. The lowest BCUT2D eigenvalue weighted by Gasteiger charge is -2.18. The third kappa shape index (κ3) is 49.8. The van der Waals surface area contributed by atoms with Gasteiger partial charge in [0.1, 0.15) is 13.2 Å². The van der Waals surface area contributed by atoms with E-state index in [2.05, 4.69) is 34.6 Å². The van der Waals surface area contributed by atoms with Gasteiger partial charge >= 0.3 is 17.9 Å². The molecule has 1 unspecified atom stereocenters. The van der Waals surface area contributed by atoms with Crippen LogP contribution in [-0.4, -0.2) is 37.2 Å². The van der Waals surface area contributed by atoms with Crippen molar-refractivity contribution in [3.05, 3.63) is 0 Å². The van der Waals surface area contributed by atoms with Crippen molar-refractivity contribution in [2.24, 2.45) is 11.8 Å². The van der Waals surface area contributed by atoms with Crippen molar-refractivity contribution in [2.45, 2.75) is 330 Å². The minimum Gasteiger partial charge on any atom is -0.462 e. The van der Waals surface area contributed by atoms with Gasteiger partial charge in [0.05, 0.1) is 0 Å². The number of rotatable bonds is 52. The molecule has 0 heterocycles. The van der Waals surface area contributed by atoms with Crippen molar-refractivity contribution in [2.75, 3.05) is 13.2 Å². The Bertz CT molecular complexity index is 980. The molecule has 2 atom stereocenters. The summed E-state index contributed by atoms with van der Waals surface area (Å²) in [6, 6.07) is 0. The van der Waals surface area contributed by atoms with Crippen LogP contribution in [0.5, 0.6) is 0 Å². The summed E-state index contributed by atoms with van der Waals surface area (Å²) in [5, 5.41) is 0. The summed E-state index contributed by atoms with van der Waals surface area (Å²) in [6.45, 7) is 11.4. The quantitative estimate of drug-likeness (QED) is 0.0344. The molecule has 0 aliphatic heterocycles. The first-order chi connectivity index (χ1) is 31.3. The maximum absolute atomic E-state index is 12.8.